The van der Waals surface area contributed by atoms with Crippen LogP contribution in [0.1, 0.15) is 23.0 Å². The standard InChI is InChI=1S/C23H23N3O2/c1-3-17-28-20-12-9-18(10-13-20)11-14-21(27)25-22(19-7-5-4-6-8-19)23-24-15-16-26(23)2/h3-16,22H,1,17H2,2H3,(H,25,27)/b14-11-/t22-/m0/s1. The molecule has 0 aliphatic carbocycles. The SMILES string of the molecule is C=CCOc1ccc(/C=C\C(=O)N[C@@H](c2ccccc2)c2nccn2C)cc1. The van der Waals surface area contributed by atoms with Crippen molar-refractivity contribution in [1.82, 2.24) is 14.9 Å². The highest BCUT2D eigenvalue weighted by molar-refractivity contribution is 5.92. The lowest BCUT2D eigenvalue weighted by molar-refractivity contribution is -0.117. The lowest BCUT2D eigenvalue weighted by Crippen LogP contribution is -2.29. The fraction of sp³-hybridized carbons (Fsp3) is 0.130. The van der Waals surface area contributed by atoms with E-state index in [2.05, 4.69) is 16.9 Å². The first-order valence-electron chi connectivity index (χ1n) is 9.02. The van der Waals surface area contributed by atoms with Crippen molar-refractivity contribution in [1.29, 1.82) is 0 Å². The van der Waals surface area contributed by atoms with Crippen molar-refractivity contribution in [2.75, 3.05) is 6.61 Å². The van der Waals surface area contributed by atoms with Crippen LogP contribution in [0.3, 0.4) is 0 Å². The molecule has 0 spiro atoms. The second kappa shape index (κ2) is 9.37. The molecule has 5 nitrogen and oxygen atoms in total. The van der Waals surface area contributed by atoms with E-state index in [0.29, 0.717) is 6.61 Å². The molecule has 2 aromatic carbocycles. The number of nitrogens with zero attached hydrogens (tertiary/aromatic N) is 2. The zero-order chi connectivity index (χ0) is 19.8. The van der Waals surface area contributed by atoms with E-state index in [4.69, 9.17) is 4.74 Å². The molecular formula is C23H23N3O2. The molecule has 1 heterocycles. The Bertz CT molecular complexity index is 943. The quantitative estimate of drug-likeness (QED) is 0.481. The van der Waals surface area contributed by atoms with Crippen LogP contribution in [0.4, 0.5) is 0 Å². The van der Waals surface area contributed by atoms with Crippen LogP contribution < -0.4 is 10.1 Å². The summed E-state index contributed by atoms with van der Waals surface area (Å²) in [5.74, 6) is 1.35. The van der Waals surface area contributed by atoms with Gasteiger partial charge in [0.1, 0.15) is 24.2 Å². The summed E-state index contributed by atoms with van der Waals surface area (Å²) >= 11 is 0. The Labute approximate surface area is 165 Å². The van der Waals surface area contributed by atoms with E-state index in [9.17, 15) is 4.79 Å². The first-order valence-corrected chi connectivity index (χ1v) is 9.02. The molecular weight excluding hydrogens is 350 g/mol. The summed E-state index contributed by atoms with van der Waals surface area (Å²) in [7, 11) is 1.91. The summed E-state index contributed by atoms with van der Waals surface area (Å²) < 4.78 is 7.37. The number of hydrogen-bond acceptors (Lipinski definition) is 3. The molecule has 0 fully saturated rings. The molecule has 1 atom stereocenters. The molecule has 3 rings (SSSR count). The summed E-state index contributed by atoms with van der Waals surface area (Å²) in [6.07, 6.45) is 8.58. The largest absolute Gasteiger partial charge is 0.490 e. The van der Waals surface area contributed by atoms with E-state index >= 15 is 0 Å². The molecule has 5 heteroatoms. The summed E-state index contributed by atoms with van der Waals surface area (Å²) in [4.78, 5) is 16.9. The van der Waals surface area contributed by atoms with Gasteiger partial charge in [-0.2, -0.15) is 0 Å². The second-order valence-corrected chi connectivity index (χ2v) is 6.25. The van der Waals surface area contributed by atoms with Crippen LogP contribution in [0.5, 0.6) is 5.75 Å². The van der Waals surface area contributed by atoms with E-state index in [1.165, 1.54) is 6.08 Å². The molecule has 28 heavy (non-hydrogen) atoms. The number of amides is 1. The highest BCUT2D eigenvalue weighted by Crippen LogP contribution is 2.20. The third-order valence-corrected chi connectivity index (χ3v) is 4.21. The summed E-state index contributed by atoms with van der Waals surface area (Å²) in [5.41, 5.74) is 1.89. The zero-order valence-electron chi connectivity index (χ0n) is 15.8. The van der Waals surface area contributed by atoms with Crippen molar-refractivity contribution in [2.45, 2.75) is 6.04 Å². The Morgan fingerprint density at radius 1 is 1.21 bits per heavy atom. The van der Waals surface area contributed by atoms with Gasteiger partial charge in [-0.05, 0) is 29.3 Å². The number of imidazole rings is 1. The van der Waals surface area contributed by atoms with Crippen LogP contribution in [-0.4, -0.2) is 22.1 Å². The third-order valence-electron chi connectivity index (χ3n) is 4.21. The molecule has 0 radical (unpaired) electrons. The second-order valence-electron chi connectivity index (χ2n) is 6.25. The van der Waals surface area contributed by atoms with Gasteiger partial charge in [0.25, 0.3) is 0 Å². The molecule has 3 aromatic rings. The average molecular weight is 373 g/mol. The van der Waals surface area contributed by atoms with Crippen LogP contribution in [0, 0.1) is 0 Å². The van der Waals surface area contributed by atoms with E-state index < -0.39 is 0 Å². The van der Waals surface area contributed by atoms with Gasteiger partial charge in [-0.15, -0.1) is 0 Å². The van der Waals surface area contributed by atoms with Gasteiger partial charge in [-0.25, -0.2) is 4.98 Å². The average Bonchev–Trinajstić information content (AvgIpc) is 3.16. The Hall–Kier alpha value is -3.60. The van der Waals surface area contributed by atoms with Crippen molar-refractivity contribution >= 4 is 12.0 Å². The van der Waals surface area contributed by atoms with Gasteiger partial charge in [0.05, 0.1) is 0 Å². The maximum absolute atomic E-state index is 12.5. The van der Waals surface area contributed by atoms with Gasteiger partial charge in [0.15, 0.2) is 0 Å². The molecule has 0 bridgehead atoms. The Morgan fingerprint density at radius 3 is 2.61 bits per heavy atom. The molecule has 1 N–H and O–H groups in total. The van der Waals surface area contributed by atoms with Gasteiger partial charge < -0.3 is 14.6 Å². The molecule has 1 amide bonds. The van der Waals surface area contributed by atoms with Crippen molar-refractivity contribution in [3.05, 3.63) is 103 Å². The normalized spacial score (nSPS) is 11.9. The van der Waals surface area contributed by atoms with Crippen molar-refractivity contribution in [3.63, 3.8) is 0 Å². The summed E-state index contributed by atoms with van der Waals surface area (Å²) in [5, 5.41) is 3.04. The summed E-state index contributed by atoms with van der Waals surface area (Å²) in [6.45, 7) is 4.09. The molecule has 1 aromatic heterocycles. The number of ether oxygens (including phenoxy) is 1. The monoisotopic (exact) mass is 373 g/mol. The number of nitrogens with one attached hydrogen (secondary N) is 1. The van der Waals surface area contributed by atoms with E-state index in [1.807, 2.05) is 72.4 Å². The first kappa shape index (κ1) is 19.2. The van der Waals surface area contributed by atoms with Gasteiger partial charge in [0.2, 0.25) is 5.91 Å². The maximum atomic E-state index is 12.5. The molecule has 0 aliphatic heterocycles. The number of hydrogen-bond donors (Lipinski definition) is 1. The van der Waals surface area contributed by atoms with Crippen LogP contribution in [-0.2, 0) is 11.8 Å². The highest BCUT2D eigenvalue weighted by atomic mass is 16.5. The topological polar surface area (TPSA) is 56.1 Å². The van der Waals surface area contributed by atoms with Crippen molar-refractivity contribution in [2.24, 2.45) is 7.05 Å². The van der Waals surface area contributed by atoms with Crippen molar-refractivity contribution in [3.8, 4) is 5.75 Å². The minimum Gasteiger partial charge on any atom is -0.490 e. The van der Waals surface area contributed by atoms with E-state index in [-0.39, 0.29) is 11.9 Å². The molecule has 0 saturated heterocycles. The fourth-order valence-electron chi connectivity index (χ4n) is 2.79. The van der Waals surface area contributed by atoms with Gasteiger partial charge in [-0.3, -0.25) is 4.79 Å². The van der Waals surface area contributed by atoms with Crippen LogP contribution in [0.2, 0.25) is 0 Å². The predicted molar refractivity (Wildman–Crippen MR) is 111 cm³/mol. The number of carbonyl (C=O) groups is 1. The van der Waals surface area contributed by atoms with Gasteiger partial charge in [-0.1, -0.05) is 55.1 Å². The number of benzene rings is 2. The summed E-state index contributed by atoms with van der Waals surface area (Å²) in [6, 6.07) is 17.0. The fourth-order valence-corrected chi connectivity index (χ4v) is 2.79. The third kappa shape index (κ3) is 4.98. The molecule has 0 saturated carbocycles. The minimum atomic E-state index is -0.326. The number of aryl methyl sites for hydroxylation is 1. The van der Waals surface area contributed by atoms with Gasteiger partial charge >= 0.3 is 0 Å². The molecule has 0 unspecified atom stereocenters. The minimum absolute atomic E-state index is 0.191. The Balaban J connectivity index is 1.71. The lowest BCUT2D eigenvalue weighted by Gasteiger charge is -2.18. The number of aromatic nitrogens is 2. The van der Waals surface area contributed by atoms with E-state index in [0.717, 1.165) is 22.7 Å². The van der Waals surface area contributed by atoms with E-state index in [1.54, 1.807) is 18.3 Å². The Kier molecular flexibility index (Phi) is 6.41. The first-order chi connectivity index (χ1) is 13.7. The number of rotatable bonds is 8. The van der Waals surface area contributed by atoms with Gasteiger partial charge in [0, 0.05) is 25.5 Å². The predicted octanol–water partition coefficient (Wildman–Crippen LogP) is 3.90. The lowest BCUT2D eigenvalue weighted by atomic mass is 10.1. The molecule has 0 aliphatic rings. The number of carbonyl (C=O) groups excluding carboxylic acids is 1. The maximum Gasteiger partial charge on any atom is 0.244 e. The highest BCUT2D eigenvalue weighted by Gasteiger charge is 2.19. The molecule has 142 valence electrons. The van der Waals surface area contributed by atoms with Crippen LogP contribution in [0.15, 0.2) is 85.7 Å². The zero-order valence-corrected chi connectivity index (χ0v) is 15.8. The van der Waals surface area contributed by atoms with Crippen molar-refractivity contribution < 1.29 is 9.53 Å². The Morgan fingerprint density at radius 2 is 1.96 bits per heavy atom. The van der Waals surface area contributed by atoms with Crippen LogP contribution in [0.25, 0.3) is 6.08 Å². The smallest absolute Gasteiger partial charge is 0.244 e. The van der Waals surface area contributed by atoms with Crippen LogP contribution >= 0.6 is 0 Å².